The van der Waals surface area contributed by atoms with Gasteiger partial charge in [0.1, 0.15) is 0 Å². The summed E-state index contributed by atoms with van der Waals surface area (Å²) in [5.74, 6) is 0. The molecule has 3 aromatic rings. The second-order valence-corrected chi connectivity index (χ2v) is 5.58. The molecule has 0 spiro atoms. The van der Waals surface area contributed by atoms with Crippen LogP contribution in [0.3, 0.4) is 0 Å². The van der Waals surface area contributed by atoms with E-state index >= 15 is 0 Å². The van der Waals surface area contributed by atoms with E-state index in [1.165, 1.54) is 0 Å². The fourth-order valence-electron chi connectivity index (χ4n) is 2.64. The second kappa shape index (κ2) is 7.03. The SMILES string of the molecule is OB(O)c1cccc(-c2cccc(-c3cccc(B(O)O)c3)c2)c1. The van der Waals surface area contributed by atoms with E-state index in [2.05, 4.69) is 0 Å². The molecule has 3 rings (SSSR count). The van der Waals surface area contributed by atoms with E-state index < -0.39 is 14.2 Å². The first kappa shape index (κ1) is 16.5. The minimum Gasteiger partial charge on any atom is -0.423 e. The Morgan fingerprint density at radius 1 is 0.458 bits per heavy atom. The number of rotatable bonds is 4. The highest BCUT2D eigenvalue weighted by Gasteiger charge is 2.13. The molecule has 0 bridgehead atoms. The molecule has 0 fully saturated rings. The summed E-state index contributed by atoms with van der Waals surface area (Å²) in [6.45, 7) is 0. The lowest BCUT2D eigenvalue weighted by Crippen LogP contribution is -2.29. The molecule has 24 heavy (non-hydrogen) atoms. The Bertz CT molecular complexity index is 783. The Morgan fingerprint density at radius 2 is 0.792 bits per heavy atom. The molecule has 0 saturated carbocycles. The standard InChI is InChI=1S/C18H16B2O4/c21-19(22)17-8-2-6-15(11-17)13-4-1-5-14(10-13)16-7-3-9-18(12-16)20(23)24/h1-12,21-24H. The molecule has 0 unspecified atom stereocenters. The zero-order valence-electron chi connectivity index (χ0n) is 12.9. The van der Waals surface area contributed by atoms with Crippen molar-refractivity contribution < 1.29 is 20.1 Å². The summed E-state index contributed by atoms with van der Waals surface area (Å²) in [4.78, 5) is 0. The summed E-state index contributed by atoms with van der Waals surface area (Å²) in [5, 5.41) is 37.3. The zero-order chi connectivity index (χ0) is 17.1. The minimum absolute atomic E-state index is 0.434. The van der Waals surface area contributed by atoms with E-state index in [-0.39, 0.29) is 0 Å². The first-order valence-electron chi connectivity index (χ1n) is 7.57. The third-order valence-electron chi connectivity index (χ3n) is 3.90. The van der Waals surface area contributed by atoms with Gasteiger partial charge in [-0.1, -0.05) is 66.7 Å². The van der Waals surface area contributed by atoms with E-state index in [1.54, 1.807) is 36.4 Å². The van der Waals surface area contributed by atoms with Crippen molar-refractivity contribution in [3.05, 3.63) is 72.8 Å². The van der Waals surface area contributed by atoms with E-state index in [0.717, 1.165) is 22.3 Å². The lowest BCUT2D eigenvalue weighted by Gasteiger charge is -2.09. The topological polar surface area (TPSA) is 80.9 Å². The number of benzene rings is 3. The lowest BCUT2D eigenvalue weighted by atomic mass is 9.78. The molecule has 0 radical (unpaired) electrons. The Balaban J connectivity index is 2.01. The number of hydrogen-bond acceptors (Lipinski definition) is 4. The second-order valence-electron chi connectivity index (χ2n) is 5.58. The fraction of sp³-hybridized carbons (Fsp3) is 0. The third kappa shape index (κ3) is 3.58. The van der Waals surface area contributed by atoms with Crippen LogP contribution < -0.4 is 10.9 Å². The van der Waals surface area contributed by atoms with Crippen molar-refractivity contribution in [2.24, 2.45) is 0 Å². The molecule has 118 valence electrons. The van der Waals surface area contributed by atoms with Crippen molar-refractivity contribution in [3.8, 4) is 22.3 Å². The van der Waals surface area contributed by atoms with Crippen LogP contribution in [0.2, 0.25) is 0 Å². The van der Waals surface area contributed by atoms with Crippen molar-refractivity contribution in [1.82, 2.24) is 0 Å². The molecule has 0 atom stereocenters. The van der Waals surface area contributed by atoms with Gasteiger partial charge < -0.3 is 20.1 Å². The van der Waals surface area contributed by atoms with Crippen LogP contribution >= 0.6 is 0 Å². The predicted molar refractivity (Wildman–Crippen MR) is 97.0 cm³/mol. The van der Waals surface area contributed by atoms with Crippen molar-refractivity contribution in [1.29, 1.82) is 0 Å². The molecule has 0 aliphatic carbocycles. The van der Waals surface area contributed by atoms with Gasteiger partial charge in [0, 0.05) is 0 Å². The van der Waals surface area contributed by atoms with Crippen molar-refractivity contribution in [2.75, 3.05) is 0 Å². The van der Waals surface area contributed by atoms with Crippen molar-refractivity contribution >= 4 is 25.2 Å². The van der Waals surface area contributed by atoms with E-state index in [0.29, 0.717) is 10.9 Å². The Morgan fingerprint density at radius 3 is 1.17 bits per heavy atom. The molecule has 0 heterocycles. The van der Waals surface area contributed by atoms with Crippen LogP contribution in [0.4, 0.5) is 0 Å². The molecule has 0 saturated heterocycles. The molecule has 4 nitrogen and oxygen atoms in total. The van der Waals surface area contributed by atoms with Gasteiger partial charge in [-0.15, -0.1) is 0 Å². The monoisotopic (exact) mass is 318 g/mol. The molecule has 6 heteroatoms. The summed E-state index contributed by atoms with van der Waals surface area (Å²) in [6.07, 6.45) is 0. The van der Waals surface area contributed by atoms with E-state index in [9.17, 15) is 20.1 Å². The Kier molecular flexibility index (Phi) is 4.83. The fourth-order valence-corrected chi connectivity index (χ4v) is 2.64. The van der Waals surface area contributed by atoms with Crippen molar-refractivity contribution in [3.63, 3.8) is 0 Å². The first-order chi connectivity index (χ1) is 11.5. The maximum Gasteiger partial charge on any atom is 0.488 e. The van der Waals surface area contributed by atoms with Gasteiger partial charge in [0.25, 0.3) is 0 Å². The van der Waals surface area contributed by atoms with Gasteiger partial charge in [-0.2, -0.15) is 0 Å². The smallest absolute Gasteiger partial charge is 0.423 e. The van der Waals surface area contributed by atoms with Crippen molar-refractivity contribution in [2.45, 2.75) is 0 Å². The zero-order valence-corrected chi connectivity index (χ0v) is 12.9. The molecule has 3 aromatic carbocycles. The largest absolute Gasteiger partial charge is 0.488 e. The van der Waals surface area contributed by atoms with Crippen LogP contribution in [-0.2, 0) is 0 Å². The molecule has 0 aliphatic rings. The highest BCUT2D eigenvalue weighted by Crippen LogP contribution is 2.25. The van der Waals surface area contributed by atoms with Gasteiger partial charge in [0.05, 0.1) is 0 Å². The maximum atomic E-state index is 9.32. The van der Waals surface area contributed by atoms with Crippen LogP contribution in [-0.4, -0.2) is 34.3 Å². The lowest BCUT2D eigenvalue weighted by molar-refractivity contribution is 0.424. The molecular weight excluding hydrogens is 302 g/mol. The molecule has 4 N–H and O–H groups in total. The third-order valence-corrected chi connectivity index (χ3v) is 3.90. The maximum absolute atomic E-state index is 9.32. The van der Waals surface area contributed by atoms with Crippen LogP contribution in [0, 0.1) is 0 Å². The van der Waals surface area contributed by atoms with Gasteiger partial charge in [-0.05, 0) is 39.2 Å². The first-order valence-corrected chi connectivity index (χ1v) is 7.57. The molecule has 0 aromatic heterocycles. The van der Waals surface area contributed by atoms with Gasteiger partial charge in [-0.25, -0.2) is 0 Å². The Hall–Kier alpha value is -2.37. The van der Waals surface area contributed by atoms with E-state index in [1.807, 2.05) is 36.4 Å². The summed E-state index contributed by atoms with van der Waals surface area (Å²) >= 11 is 0. The minimum atomic E-state index is -1.50. The summed E-state index contributed by atoms with van der Waals surface area (Å²) in [7, 11) is -3.01. The highest BCUT2D eigenvalue weighted by molar-refractivity contribution is 6.59. The number of hydrogen-bond donors (Lipinski definition) is 4. The van der Waals surface area contributed by atoms with E-state index in [4.69, 9.17) is 0 Å². The van der Waals surface area contributed by atoms with Crippen LogP contribution in [0.15, 0.2) is 72.8 Å². The van der Waals surface area contributed by atoms with Gasteiger partial charge in [-0.3, -0.25) is 0 Å². The Labute approximate surface area is 141 Å². The molecule has 0 amide bonds. The summed E-state index contributed by atoms with van der Waals surface area (Å²) in [5.41, 5.74) is 4.49. The molecular formula is C18H16B2O4. The summed E-state index contributed by atoms with van der Waals surface area (Å²) < 4.78 is 0. The van der Waals surface area contributed by atoms with Crippen LogP contribution in [0.1, 0.15) is 0 Å². The average Bonchev–Trinajstić information content (AvgIpc) is 2.62. The highest BCUT2D eigenvalue weighted by atomic mass is 16.4. The van der Waals surface area contributed by atoms with Crippen LogP contribution in [0.25, 0.3) is 22.3 Å². The molecule has 0 aliphatic heterocycles. The normalized spacial score (nSPS) is 10.5. The summed E-state index contributed by atoms with van der Waals surface area (Å²) in [6, 6.07) is 21.9. The van der Waals surface area contributed by atoms with Crippen LogP contribution in [0.5, 0.6) is 0 Å². The van der Waals surface area contributed by atoms with Gasteiger partial charge >= 0.3 is 14.2 Å². The van der Waals surface area contributed by atoms with Gasteiger partial charge in [0.2, 0.25) is 0 Å². The predicted octanol–water partition coefficient (Wildman–Crippen LogP) is 0.380. The van der Waals surface area contributed by atoms with Gasteiger partial charge in [0.15, 0.2) is 0 Å². The quantitative estimate of drug-likeness (QED) is 0.524. The average molecular weight is 318 g/mol.